The Morgan fingerprint density at radius 1 is 0.609 bits per heavy atom. The summed E-state index contributed by atoms with van der Waals surface area (Å²) in [6.45, 7) is 12.3. The van der Waals surface area contributed by atoms with Crippen LogP contribution in [0.1, 0.15) is 6.42 Å². The zero-order chi connectivity index (χ0) is 18.4. The molecule has 0 heterocycles. The van der Waals surface area contributed by atoms with Gasteiger partial charge in [-0.3, -0.25) is 0 Å². The third-order valence-electron chi connectivity index (χ3n) is 2.77. The first-order valence-electron chi connectivity index (χ1n) is 7.81. The molecule has 0 N–H and O–H groups in total. The topological polar surface area (TPSA) is 86.7 Å². The van der Waals surface area contributed by atoms with Gasteiger partial charge in [-0.1, -0.05) is 0 Å². The van der Waals surface area contributed by atoms with E-state index in [1.165, 1.54) is 0 Å². The first kappa shape index (κ1) is 23.3. The van der Waals surface area contributed by atoms with Crippen LogP contribution in [0.4, 0.5) is 0 Å². The summed E-state index contributed by atoms with van der Waals surface area (Å²) >= 11 is 0. The normalized spacial score (nSPS) is 14.2. The largest absolute Gasteiger partial charge is 0.417 e. The molecule has 0 spiro atoms. The van der Waals surface area contributed by atoms with Crippen LogP contribution in [0.25, 0.3) is 0 Å². The molecule has 10 heteroatoms. The van der Waals surface area contributed by atoms with Crippen molar-refractivity contribution in [2.45, 2.75) is 45.7 Å². The summed E-state index contributed by atoms with van der Waals surface area (Å²) in [4.78, 5) is 0. The first-order chi connectivity index (χ1) is 10.1. The molecule has 0 saturated carbocycles. The Bertz CT molecular complexity index is 494. The third kappa shape index (κ3) is 15.5. The number of rotatable bonds is 12. The highest BCUT2D eigenvalue weighted by Crippen LogP contribution is 2.06. The van der Waals surface area contributed by atoms with Gasteiger partial charge in [0.1, 0.15) is 0 Å². The van der Waals surface area contributed by atoms with Crippen LogP contribution in [0.15, 0.2) is 0 Å². The van der Waals surface area contributed by atoms with E-state index in [0.717, 1.165) is 0 Å². The molecule has 0 amide bonds. The van der Waals surface area contributed by atoms with Gasteiger partial charge in [0.2, 0.25) is 0 Å². The Labute approximate surface area is 144 Å². The molecule has 0 aliphatic rings. The van der Waals surface area contributed by atoms with Gasteiger partial charge in [0.05, 0.1) is 23.0 Å². The molecule has 0 fully saturated rings. The molecule has 0 aromatic carbocycles. The molecule has 0 atom stereocenters. The quantitative estimate of drug-likeness (QED) is 0.462. The second kappa shape index (κ2) is 9.09. The van der Waals surface area contributed by atoms with Crippen molar-refractivity contribution in [2.24, 2.45) is 0 Å². The maximum atomic E-state index is 11.9. The third-order valence-corrected chi connectivity index (χ3v) is 8.31. The van der Waals surface area contributed by atoms with Crippen molar-refractivity contribution in [3.63, 3.8) is 0 Å². The lowest BCUT2D eigenvalue weighted by Crippen LogP contribution is -2.30. The average molecular weight is 405 g/mol. The molecule has 0 unspecified atom stereocenters. The molecule has 0 aliphatic carbocycles. The van der Waals surface area contributed by atoms with Crippen LogP contribution in [-0.2, 0) is 28.5 Å². The van der Waals surface area contributed by atoms with Gasteiger partial charge in [-0.15, -0.1) is 0 Å². The van der Waals surface area contributed by atoms with Crippen molar-refractivity contribution >= 4 is 36.3 Å². The summed E-state index contributed by atoms with van der Waals surface area (Å²) in [6.07, 6.45) is 0.130. The van der Waals surface area contributed by atoms with Crippen LogP contribution >= 0.6 is 0 Å². The summed E-state index contributed by atoms with van der Waals surface area (Å²) in [7, 11) is -9.96. The van der Waals surface area contributed by atoms with E-state index < -0.39 is 36.3 Å². The van der Waals surface area contributed by atoms with Crippen LogP contribution in [-0.4, -0.2) is 69.7 Å². The summed E-state index contributed by atoms with van der Waals surface area (Å²) in [5.74, 6) is -0.321. The molecule has 0 bridgehead atoms. The Kier molecular flexibility index (Phi) is 9.19. The minimum Gasteiger partial charge on any atom is -0.417 e. The van der Waals surface area contributed by atoms with E-state index in [-0.39, 0.29) is 42.6 Å². The molecule has 0 aliphatic heterocycles. The van der Waals surface area contributed by atoms with Crippen LogP contribution in [0, 0.1) is 0 Å². The Balaban J connectivity index is 4.11. The van der Waals surface area contributed by atoms with Gasteiger partial charge in [-0.25, -0.2) is 16.8 Å². The van der Waals surface area contributed by atoms with Gasteiger partial charge < -0.3 is 8.85 Å². The lowest BCUT2D eigenvalue weighted by Gasteiger charge is -2.17. The molecule has 6 nitrogen and oxygen atoms in total. The monoisotopic (exact) mass is 404 g/mol. The van der Waals surface area contributed by atoms with E-state index in [0.29, 0.717) is 0 Å². The predicted molar refractivity (Wildman–Crippen MR) is 101 cm³/mol. The SMILES string of the molecule is C[Si](C)(C)OCCS(=O)(=O)CCCS(=O)(=O)CCO[Si](C)(C)C. The highest BCUT2D eigenvalue weighted by atomic mass is 32.2. The van der Waals surface area contributed by atoms with E-state index in [4.69, 9.17) is 8.85 Å². The van der Waals surface area contributed by atoms with Crippen molar-refractivity contribution in [3.05, 3.63) is 0 Å². The summed E-state index contributed by atoms with van der Waals surface area (Å²) in [6, 6.07) is 0. The van der Waals surface area contributed by atoms with E-state index in [9.17, 15) is 16.8 Å². The molecule has 140 valence electrons. The van der Waals surface area contributed by atoms with Crippen LogP contribution in [0.5, 0.6) is 0 Å². The number of sulfone groups is 2. The fraction of sp³-hybridized carbons (Fsp3) is 1.00. The second-order valence-electron chi connectivity index (χ2n) is 7.58. The van der Waals surface area contributed by atoms with Crippen LogP contribution < -0.4 is 0 Å². The summed E-state index contributed by atoms with van der Waals surface area (Å²) < 4.78 is 58.5. The maximum Gasteiger partial charge on any atom is 0.183 e. The first-order valence-corrected chi connectivity index (χ1v) is 18.3. The fourth-order valence-electron chi connectivity index (χ4n) is 1.65. The molecular weight excluding hydrogens is 372 g/mol. The van der Waals surface area contributed by atoms with E-state index in [2.05, 4.69) is 0 Å². The number of hydrogen-bond acceptors (Lipinski definition) is 6. The zero-order valence-electron chi connectivity index (χ0n) is 15.2. The van der Waals surface area contributed by atoms with Gasteiger partial charge >= 0.3 is 0 Å². The molecule has 0 aromatic heterocycles. The van der Waals surface area contributed by atoms with Gasteiger partial charge in [0.15, 0.2) is 36.3 Å². The van der Waals surface area contributed by atoms with Crippen molar-refractivity contribution in [1.82, 2.24) is 0 Å². The van der Waals surface area contributed by atoms with Crippen LogP contribution in [0.2, 0.25) is 39.3 Å². The van der Waals surface area contributed by atoms with Gasteiger partial charge in [0.25, 0.3) is 0 Å². The fourth-order valence-corrected chi connectivity index (χ4v) is 5.81. The minimum atomic E-state index is -3.26. The van der Waals surface area contributed by atoms with Crippen molar-refractivity contribution in [1.29, 1.82) is 0 Å². The van der Waals surface area contributed by atoms with Crippen molar-refractivity contribution in [2.75, 3.05) is 36.2 Å². The second-order valence-corrected chi connectivity index (χ2v) is 21.2. The Morgan fingerprint density at radius 2 is 0.913 bits per heavy atom. The van der Waals surface area contributed by atoms with Gasteiger partial charge in [-0.05, 0) is 45.7 Å². The summed E-state index contributed by atoms with van der Waals surface area (Å²) in [5.41, 5.74) is 0. The molecule has 0 radical (unpaired) electrons. The van der Waals surface area contributed by atoms with E-state index >= 15 is 0 Å². The molecular formula is C13H32O6S2Si2. The van der Waals surface area contributed by atoms with E-state index in [1.807, 2.05) is 39.3 Å². The highest BCUT2D eigenvalue weighted by Gasteiger charge is 2.20. The lowest BCUT2D eigenvalue weighted by atomic mass is 10.6. The lowest BCUT2D eigenvalue weighted by molar-refractivity contribution is 0.335. The van der Waals surface area contributed by atoms with Gasteiger partial charge in [0, 0.05) is 13.2 Å². The molecule has 0 aromatic rings. The molecule has 0 saturated heterocycles. The zero-order valence-corrected chi connectivity index (χ0v) is 18.8. The Hall–Kier alpha value is 0.254. The Morgan fingerprint density at radius 3 is 1.17 bits per heavy atom. The smallest absolute Gasteiger partial charge is 0.183 e. The van der Waals surface area contributed by atoms with Crippen molar-refractivity contribution < 1.29 is 25.7 Å². The predicted octanol–water partition coefficient (Wildman–Crippen LogP) is 1.91. The highest BCUT2D eigenvalue weighted by molar-refractivity contribution is 7.92. The minimum absolute atomic E-state index is 0.0456. The molecule has 0 rings (SSSR count). The van der Waals surface area contributed by atoms with Gasteiger partial charge in [-0.2, -0.15) is 0 Å². The number of hydrogen-bond donors (Lipinski definition) is 0. The maximum absolute atomic E-state index is 11.9. The molecule has 23 heavy (non-hydrogen) atoms. The van der Waals surface area contributed by atoms with Crippen molar-refractivity contribution in [3.8, 4) is 0 Å². The van der Waals surface area contributed by atoms with Crippen LogP contribution in [0.3, 0.4) is 0 Å². The summed E-state index contributed by atoms with van der Waals surface area (Å²) in [5, 5.41) is 0. The van der Waals surface area contributed by atoms with E-state index in [1.54, 1.807) is 0 Å². The standard InChI is InChI=1S/C13H32O6S2Si2/c1-22(2,3)18-8-12-20(14,15)10-7-11-21(16,17)13-9-19-23(4,5)6/h7-13H2,1-6H3. The average Bonchev–Trinajstić information content (AvgIpc) is 2.23.